The molecule has 9 heteroatoms. The normalized spacial score (nSPS) is 10.8. The Labute approximate surface area is 166 Å². The molecule has 0 amide bonds. The maximum atomic E-state index is 5.42. The molecule has 0 radical (unpaired) electrons. The molecule has 0 aliphatic heterocycles. The topological polar surface area (TPSA) is 97.3 Å². The zero-order chi connectivity index (χ0) is 20.4. The second kappa shape index (κ2) is 7.63. The lowest BCUT2D eigenvalue weighted by molar-refractivity contribution is 0.354. The van der Waals surface area contributed by atoms with Crippen molar-refractivity contribution in [1.29, 1.82) is 0 Å². The van der Waals surface area contributed by atoms with Crippen LogP contribution in [-0.4, -0.2) is 46.5 Å². The van der Waals surface area contributed by atoms with Crippen molar-refractivity contribution in [2.24, 2.45) is 0 Å². The lowest BCUT2D eigenvalue weighted by Crippen LogP contribution is -2.00. The Morgan fingerprint density at radius 1 is 0.897 bits per heavy atom. The van der Waals surface area contributed by atoms with E-state index < -0.39 is 0 Å². The highest BCUT2D eigenvalue weighted by molar-refractivity contribution is 5.60. The van der Waals surface area contributed by atoms with Gasteiger partial charge in [-0.15, -0.1) is 5.10 Å². The highest BCUT2D eigenvalue weighted by atomic mass is 16.5. The lowest BCUT2D eigenvalue weighted by atomic mass is 10.2. The monoisotopic (exact) mass is 393 g/mol. The minimum atomic E-state index is 0.292. The highest BCUT2D eigenvalue weighted by Crippen LogP contribution is 2.31. The van der Waals surface area contributed by atoms with E-state index in [2.05, 4.69) is 20.5 Å². The average molecular weight is 393 g/mol. The van der Waals surface area contributed by atoms with Crippen LogP contribution >= 0.6 is 0 Å². The molecule has 0 unspecified atom stereocenters. The zero-order valence-electron chi connectivity index (χ0n) is 16.4. The number of ether oxygens (including phenoxy) is 3. The van der Waals surface area contributed by atoms with Gasteiger partial charge in [0.15, 0.2) is 17.2 Å². The van der Waals surface area contributed by atoms with E-state index in [1.165, 1.54) is 0 Å². The molecule has 2 aromatic heterocycles. The minimum Gasteiger partial charge on any atom is -0.497 e. The molecule has 4 aromatic rings. The van der Waals surface area contributed by atoms with Crippen molar-refractivity contribution in [2.45, 2.75) is 6.92 Å². The van der Waals surface area contributed by atoms with Crippen LogP contribution in [0.3, 0.4) is 0 Å². The molecule has 29 heavy (non-hydrogen) atoms. The van der Waals surface area contributed by atoms with Crippen molar-refractivity contribution < 1.29 is 18.7 Å². The SMILES string of the molecule is COc1ccc(-c2noc(-c3nnn(-c4ccc(OC)c(OC)c4)c3C)n2)cc1. The average Bonchev–Trinajstić information content (AvgIpc) is 3.40. The van der Waals surface area contributed by atoms with E-state index in [-0.39, 0.29) is 0 Å². The van der Waals surface area contributed by atoms with E-state index in [1.54, 1.807) is 26.0 Å². The van der Waals surface area contributed by atoms with Gasteiger partial charge in [-0.1, -0.05) is 10.4 Å². The Balaban J connectivity index is 1.66. The summed E-state index contributed by atoms with van der Waals surface area (Å²) in [6.45, 7) is 1.88. The maximum absolute atomic E-state index is 5.42. The van der Waals surface area contributed by atoms with E-state index in [0.717, 1.165) is 22.7 Å². The van der Waals surface area contributed by atoms with Gasteiger partial charge < -0.3 is 18.7 Å². The first-order valence-corrected chi connectivity index (χ1v) is 8.77. The van der Waals surface area contributed by atoms with Crippen LogP contribution in [0.25, 0.3) is 28.7 Å². The summed E-state index contributed by atoms with van der Waals surface area (Å²) >= 11 is 0. The summed E-state index contributed by atoms with van der Waals surface area (Å²) < 4.78 is 22.9. The number of hydrogen-bond acceptors (Lipinski definition) is 8. The molecule has 9 nitrogen and oxygen atoms in total. The van der Waals surface area contributed by atoms with Gasteiger partial charge in [0.25, 0.3) is 5.89 Å². The molecule has 0 bridgehead atoms. The van der Waals surface area contributed by atoms with Crippen LogP contribution in [0, 0.1) is 6.92 Å². The first kappa shape index (κ1) is 18.5. The van der Waals surface area contributed by atoms with E-state index in [9.17, 15) is 0 Å². The largest absolute Gasteiger partial charge is 0.497 e. The molecule has 0 aliphatic rings. The summed E-state index contributed by atoms with van der Waals surface area (Å²) in [7, 11) is 4.79. The van der Waals surface area contributed by atoms with E-state index in [4.69, 9.17) is 18.7 Å². The molecule has 2 heterocycles. The highest BCUT2D eigenvalue weighted by Gasteiger charge is 2.19. The summed E-state index contributed by atoms with van der Waals surface area (Å²) in [6.07, 6.45) is 0. The van der Waals surface area contributed by atoms with Crippen LogP contribution in [-0.2, 0) is 0 Å². The van der Waals surface area contributed by atoms with E-state index in [1.807, 2.05) is 49.4 Å². The van der Waals surface area contributed by atoms with Gasteiger partial charge in [-0.25, -0.2) is 4.68 Å². The van der Waals surface area contributed by atoms with Crippen molar-refractivity contribution >= 4 is 0 Å². The smallest absolute Gasteiger partial charge is 0.280 e. The number of hydrogen-bond donors (Lipinski definition) is 0. The van der Waals surface area contributed by atoms with Crippen molar-refractivity contribution in [3.63, 3.8) is 0 Å². The maximum Gasteiger partial charge on any atom is 0.280 e. The van der Waals surface area contributed by atoms with Gasteiger partial charge in [0, 0.05) is 11.6 Å². The quantitative estimate of drug-likeness (QED) is 0.492. The molecule has 0 saturated heterocycles. The third kappa shape index (κ3) is 3.38. The Morgan fingerprint density at radius 3 is 2.34 bits per heavy atom. The number of methoxy groups -OCH3 is 3. The molecule has 0 saturated carbocycles. The molecule has 0 N–H and O–H groups in total. The van der Waals surface area contributed by atoms with E-state index >= 15 is 0 Å². The Hall–Kier alpha value is -3.88. The van der Waals surface area contributed by atoms with Crippen molar-refractivity contribution in [2.75, 3.05) is 21.3 Å². The fraction of sp³-hybridized carbons (Fsp3) is 0.200. The van der Waals surface area contributed by atoms with Crippen molar-refractivity contribution in [3.05, 3.63) is 48.2 Å². The predicted molar refractivity (Wildman–Crippen MR) is 104 cm³/mol. The van der Waals surface area contributed by atoms with Gasteiger partial charge in [0.1, 0.15) is 5.75 Å². The number of aromatic nitrogens is 5. The number of rotatable bonds is 6. The van der Waals surface area contributed by atoms with Crippen molar-refractivity contribution in [3.8, 4) is 45.9 Å². The molecule has 148 valence electrons. The van der Waals surface area contributed by atoms with E-state index in [0.29, 0.717) is 28.9 Å². The molecule has 4 rings (SSSR count). The van der Waals surface area contributed by atoms with Gasteiger partial charge in [0.05, 0.1) is 32.7 Å². The fourth-order valence-electron chi connectivity index (χ4n) is 2.91. The predicted octanol–water partition coefficient (Wildman–Crippen LogP) is 3.32. The van der Waals surface area contributed by atoms with Crippen LogP contribution < -0.4 is 14.2 Å². The molecule has 0 atom stereocenters. The summed E-state index contributed by atoms with van der Waals surface area (Å²) in [5, 5.41) is 12.5. The standard InChI is InChI=1S/C20H19N5O4/c1-12-18(20-21-19(23-29-20)13-5-8-15(26-2)9-6-13)22-24-25(12)14-7-10-16(27-3)17(11-14)28-4/h5-11H,1-4H3. The first-order chi connectivity index (χ1) is 14.1. The third-order valence-electron chi connectivity index (χ3n) is 4.48. The van der Waals surface area contributed by atoms with Gasteiger partial charge in [-0.3, -0.25) is 0 Å². The van der Waals surface area contributed by atoms with Gasteiger partial charge in [0.2, 0.25) is 5.82 Å². The van der Waals surface area contributed by atoms with Crippen molar-refractivity contribution in [1.82, 2.24) is 25.1 Å². The number of nitrogens with zero attached hydrogens (tertiary/aromatic N) is 5. The molecule has 0 fully saturated rings. The van der Waals surface area contributed by atoms with Gasteiger partial charge in [-0.05, 0) is 43.3 Å². The van der Waals surface area contributed by atoms with Gasteiger partial charge in [-0.2, -0.15) is 4.98 Å². The van der Waals surface area contributed by atoms with Crippen LogP contribution in [0.5, 0.6) is 17.2 Å². The van der Waals surface area contributed by atoms with Crippen LogP contribution in [0.2, 0.25) is 0 Å². The Bertz CT molecular complexity index is 1130. The fourth-order valence-corrected chi connectivity index (χ4v) is 2.91. The molecular weight excluding hydrogens is 374 g/mol. The van der Waals surface area contributed by atoms with Crippen LogP contribution in [0.1, 0.15) is 5.69 Å². The molecule has 0 aliphatic carbocycles. The Morgan fingerprint density at radius 2 is 1.66 bits per heavy atom. The number of benzene rings is 2. The Kier molecular flexibility index (Phi) is 4.86. The summed E-state index contributed by atoms with van der Waals surface area (Å²) in [6, 6.07) is 12.9. The second-order valence-electron chi connectivity index (χ2n) is 6.13. The molecule has 0 spiro atoms. The molecular formula is C20H19N5O4. The minimum absolute atomic E-state index is 0.292. The lowest BCUT2D eigenvalue weighted by Gasteiger charge is -2.10. The second-order valence-corrected chi connectivity index (χ2v) is 6.13. The summed E-state index contributed by atoms with van der Waals surface area (Å²) in [5.74, 6) is 2.74. The van der Waals surface area contributed by atoms with Gasteiger partial charge >= 0.3 is 0 Å². The van der Waals surface area contributed by atoms with Crippen LogP contribution in [0.15, 0.2) is 47.0 Å². The van der Waals surface area contributed by atoms with Crippen LogP contribution in [0.4, 0.5) is 0 Å². The summed E-state index contributed by atoms with van der Waals surface area (Å²) in [5.41, 5.74) is 2.84. The first-order valence-electron chi connectivity index (χ1n) is 8.77. The third-order valence-corrected chi connectivity index (χ3v) is 4.48. The zero-order valence-corrected chi connectivity index (χ0v) is 16.4. The molecule has 2 aromatic carbocycles. The summed E-state index contributed by atoms with van der Waals surface area (Å²) in [4.78, 5) is 4.46.